The molecule has 2 aromatic carbocycles. The van der Waals surface area contributed by atoms with Gasteiger partial charge in [-0.25, -0.2) is 29.5 Å². The molecule has 0 aliphatic carbocycles. The van der Waals surface area contributed by atoms with E-state index in [1.165, 1.54) is 0 Å². The fourth-order valence-electron chi connectivity index (χ4n) is 7.73. The number of imidazole rings is 2. The molecule has 0 saturated carbocycles. The number of hydrogen-bond donors (Lipinski definition) is 4. The van der Waals surface area contributed by atoms with Crippen LogP contribution in [-0.2, 0) is 18.9 Å². The van der Waals surface area contributed by atoms with E-state index in [4.69, 9.17) is 30.4 Å². The van der Waals surface area contributed by atoms with Gasteiger partial charge in [0.2, 0.25) is 0 Å². The Morgan fingerprint density at radius 1 is 0.734 bits per heavy atom. The van der Waals surface area contributed by atoms with Crippen LogP contribution in [0.5, 0.6) is 0 Å². The molecule has 6 atom stereocenters. The van der Waals surface area contributed by atoms with E-state index in [-0.39, 0.29) is 13.2 Å². The Balaban J connectivity index is 0.000000190. The van der Waals surface area contributed by atoms with Crippen LogP contribution >= 0.6 is 22.7 Å². The number of aliphatic hydroxyl groups excluding tert-OH is 2. The Kier molecular flexibility index (Phi) is 12.2. The molecule has 328 valence electrons. The number of hydrogen-bond acceptors (Lipinski definition) is 16. The highest BCUT2D eigenvalue weighted by Crippen LogP contribution is 2.38. The van der Waals surface area contributed by atoms with Crippen molar-refractivity contribution in [2.24, 2.45) is 0 Å². The average Bonchev–Trinajstić information content (AvgIpc) is 4.15. The number of anilines is 2. The molecule has 64 heavy (non-hydrogen) atoms. The Bertz CT molecular complexity index is 2900. The molecule has 8 heterocycles. The van der Waals surface area contributed by atoms with Crippen molar-refractivity contribution >= 4 is 68.6 Å². The van der Waals surface area contributed by atoms with Crippen LogP contribution in [0.4, 0.5) is 11.6 Å². The molecule has 0 radical (unpaired) electrons. The first-order valence-electron chi connectivity index (χ1n) is 20.5. The van der Waals surface area contributed by atoms with Gasteiger partial charge in [-0.3, -0.25) is 9.13 Å². The van der Waals surface area contributed by atoms with E-state index in [2.05, 4.69) is 19.9 Å². The molecule has 2 aliphatic rings. The number of rotatable bonds is 10. The lowest BCUT2D eigenvalue weighted by molar-refractivity contribution is -0.0563. The molecule has 2 saturated heterocycles. The highest BCUT2D eigenvalue weighted by atomic mass is 32.1. The van der Waals surface area contributed by atoms with Crippen molar-refractivity contribution in [3.05, 3.63) is 131 Å². The molecule has 18 heteroatoms. The summed E-state index contributed by atoms with van der Waals surface area (Å²) in [4.78, 5) is 45.9. The lowest BCUT2D eigenvalue weighted by Gasteiger charge is -2.19. The summed E-state index contributed by atoms with van der Waals surface area (Å²) < 4.78 is 27.1. The number of carbonyl (C=O) groups excluding carboxylic acids is 2. The van der Waals surface area contributed by atoms with Gasteiger partial charge in [0.25, 0.3) is 0 Å². The number of aryl methyl sites for hydroxylation is 2. The number of aliphatic hydroxyl groups is 2. The number of benzene rings is 2. The summed E-state index contributed by atoms with van der Waals surface area (Å²) in [5.41, 5.74) is 19.5. The molecule has 0 unspecified atom stereocenters. The largest absolute Gasteiger partial charge is 0.459 e. The van der Waals surface area contributed by atoms with Crippen LogP contribution < -0.4 is 11.5 Å². The van der Waals surface area contributed by atoms with Gasteiger partial charge in [-0.15, -0.1) is 22.7 Å². The van der Waals surface area contributed by atoms with Gasteiger partial charge in [-0.2, -0.15) is 0 Å². The van der Waals surface area contributed by atoms with Gasteiger partial charge in [0.1, 0.15) is 60.0 Å². The summed E-state index contributed by atoms with van der Waals surface area (Å²) in [5.74, 6) is -0.206. The number of pyridine rings is 2. The molecule has 10 rings (SSSR count). The van der Waals surface area contributed by atoms with E-state index in [1.54, 1.807) is 74.8 Å². The van der Waals surface area contributed by atoms with Crippen molar-refractivity contribution in [1.29, 1.82) is 0 Å². The predicted molar refractivity (Wildman–Crippen MR) is 242 cm³/mol. The minimum absolute atomic E-state index is 0.0995. The van der Waals surface area contributed by atoms with Crippen molar-refractivity contribution in [2.75, 3.05) is 24.7 Å². The topological polar surface area (TPSA) is 225 Å². The third kappa shape index (κ3) is 8.83. The number of esters is 2. The van der Waals surface area contributed by atoms with Crippen molar-refractivity contribution in [3.8, 4) is 20.9 Å². The lowest BCUT2D eigenvalue weighted by Crippen LogP contribution is -2.32. The van der Waals surface area contributed by atoms with Crippen LogP contribution in [0.15, 0.2) is 108 Å². The zero-order valence-corrected chi connectivity index (χ0v) is 36.3. The summed E-state index contributed by atoms with van der Waals surface area (Å²) in [7, 11) is 0. The Labute approximate surface area is 374 Å². The fourth-order valence-corrected chi connectivity index (χ4v) is 9.22. The van der Waals surface area contributed by atoms with Crippen molar-refractivity contribution in [2.45, 2.75) is 63.6 Å². The smallest absolute Gasteiger partial charge is 0.338 e. The van der Waals surface area contributed by atoms with Crippen molar-refractivity contribution < 1.29 is 38.7 Å². The molecule has 8 aromatic rings. The van der Waals surface area contributed by atoms with Crippen LogP contribution in [0.2, 0.25) is 0 Å². The molecule has 6 N–H and O–H groups in total. The third-order valence-electron chi connectivity index (χ3n) is 11.1. The first-order valence-corrected chi connectivity index (χ1v) is 22.2. The van der Waals surface area contributed by atoms with Crippen molar-refractivity contribution in [1.82, 2.24) is 29.1 Å². The molecule has 2 fully saturated rings. The zero-order valence-electron chi connectivity index (χ0n) is 34.7. The number of carbonyl (C=O) groups is 2. The quantitative estimate of drug-likeness (QED) is 0.100. The first kappa shape index (κ1) is 42.7. The maximum Gasteiger partial charge on any atom is 0.338 e. The van der Waals surface area contributed by atoms with Crippen LogP contribution in [0.25, 0.3) is 43.2 Å². The normalized spacial score (nSPS) is 20.6. The minimum Gasteiger partial charge on any atom is -0.459 e. The Hall–Kier alpha value is -6.54. The number of nitrogen functional groups attached to an aromatic ring is 2. The molecule has 2 aliphatic heterocycles. The van der Waals surface area contributed by atoms with Gasteiger partial charge in [-0.1, -0.05) is 47.5 Å². The predicted octanol–water partition coefficient (Wildman–Crippen LogP) is 7.11. The molecule has 6 aromatic heterocycles. The second-order valence-corrected chi connectivity index (χ2v) is 17.4. The summed E-state index contributed by atoms with van der Waals surface area (Å²) in [6, 6.07) is 25.8. The molecular formula is C46H44N8O8S2. The lowest BCUT2D eigenvalue weighted by atomic mass is 10.1. The van der Waals surface area contributed by atoms with E-state index < -0.39 is 48.8 Å². The maximum absolute atomic E-state index is 13.0. The number of ether oxygens (including phenoxy) is 4. The van der Waals surface area contributed by atoms with Gasteiger partial charge in [0.05, 0.1) is 36.5 Å². The van der Waals surface area contributed by atoms with Crippen LogP contribution in [0.1, 0.15) is 57.1 Å². The highest BCUT2D eigenvalue weighted by molar-refractivity contribution is 7.14. The molecular weight excluding hydrogens is 857 g/mol. The summed E-state index contributed by atoms with van der Waals surface area (Å²) in [5, 5.41) is 23.1. The van der Waals surface area contributed by atoms with E-state index in [0.717, 1.165) is 37.5 Å². The van der Waals surface area contributed by atoms with Gasteiger partial charge in [0, 0.05) is 33.7 Å². The van der Waals surface area contributed by atoms with Gasteiger partial charge >= 0.3 is 11.9 Å². The number of thiophene rings is 2. The maximum atomic E-state index is 13.0. The summed E-state index contributed by atoms with van der Waals surface area (Å²) in [6.07, 6.45) is 0.290. The first-order chi connectivity index (χ1) is 31.0. The standard InChI is InChI=1S/C31H28N4O5S.C15H16N4O3S/c1-18-5-9-20(10-6-18)30(36)38-16-24-23(40-31(37)21-11-7-19(2)8-12-21)15-27(39-24)35-17-33-28-22(25-4-3-13-41-25)14-26(32)34-29(28)35;16-12-4-8(11-2-1-3-23-11)14-15(18-12)19(7-17-14)13-5-9(21)10(6-20)22-13/h3-14,17,23-24,27H,15-16H2,1-2H3,(H2,32,34);1-4,7,9-10,13,20-21H,5-6H2,(H2,16,18)/t23-,24-,27-;9-,10-,13-/m11/s1. The second-order valence-electron chi connectivity index (χ2n) is 15.5. The van der Waals surface area contributed by atoms with Gasteiger partial charge in [-0.05, 0) is 73.1 Å². The monoisotopic (exact) mass is 900 g/mol. The average molecular weight is 901 g/mol. The summed E-state index contributed by atoms with van der Waals surface area (Å²) in [6.45, 7) is 3.57. The number of nitrogens with zero attached hydrogens (tertiary/aromatic N) is 6. The van der Waals surface area contributed by atoms with E-state index >= 15 is 0 Å². The van der Waals surface area contributed by atoms with Gasteiger partial charge in [0.15, 0.2) is 11.3 Å². The fraction of sp³-hybridized carbons (Fsp3) is 0.261. The molecule has 16 nitrogen and oxygen atoms in total. The van der Waals surface area contributed by atoms with E-state index in [9.17, 15) is 19.8 Å². The highest BCUT2D eigenvalue weighted by Gasteiger charge is 2.41. The number of nitrogens with two attached hydrogens (primary N) is 2. The molecule has 0 amide bonds. The minimum atomic E-state index is -0.709. The molecule has 0 bridgehead atoms. The SMILES string of the molecule is Cc1ccc(C(=O)OC[C@H]2O[C@@H](n3cnc4c(-c5cccs5)cc(N)nc43)C[C@H]2OC(=O)c2ccc(C)cc2)cc1.Nc1cc(-c2cccs2)c2ncn([C@H]3C[C@@H](O)[C@@H](CO)O3)c2n1. The second kappa shape index (κ2) is 18.3. The van der Waals surface area contributed by atoms with Crippen molar-refractivity contribution in [3.63, 3.8) is 0 Å². The Morgan fingerprint density at radius 2 is 1.23 bits per heavy atom. The van der Waals surface area contributed by atoms with Crippen LogP contribution in [-0.4, -0.2) is 88.9 Å². The number of aromatic nitrogens is 6. The van der Waals surface area contributed by atoms with Gasteiger partial charge < -0.3 is 40.6 Å². The number of fused-ring (bicyclic) bond motifs is 2. The van der Waals surface area contributed by atoms with Crippen LogP contribution in [0, 0.1) is 13.8 Å². The van der Waals surface area contributed by atoms with E-state index in [1.807, 2.05) is 79.2 Å². The van der Waals surface area contributed by atoms with Crippen LogP contribution in [0.3, 0.4) is 0 Å². The Morgan fingerprint density at radius 3 is 1.72 bits per heavy atom. The third-order valence-corrected chi connectivity index (χ3v) is 12.9. The van der Waals surface area contributed by atoms with E-state index in [0.29, 0.717) is 52.4 Å². The zero-order chi connectivity index (χ0) is 44.5. The summed E-state index contributed by atoms with van der Waals surface area (Å²) >= 11 is 3.19. The molecule has 0 spiro atoms.